The first kappa shape index (κ1) is 16.3. The monoisotopic (exact) mass is 332 g/mol. The summed E-state index contributed by atoms with van der Waals surface area (Å²) in [6.45, 7) is 5.22. The summed E-state index contributed by atoms with van der Waals surface area (Å²) in [6.07, 6.45) is 0.132. The molecule has 3 rings (SSSR count). The predicted molar refractivity (Wildman–Crippen MR) is 90.0 cm³/mol. The van der Waals surface area contributed by atoms with E-state index >= 15 is 0 Å². The molecule has 0 radical (unpaired) electrons. The number of ether oxygens (including phenoxy) is 1. The van der Waals surface area contributed by atoms with Gasteiger partial charge in [-0.25, -0.2) is 9.78 Å². The van der Waals surface area contributed by atoms with Crippen LogP contribution in [-0.2, 0) is 6.54 Å². The van der Waals surface area contributed by atoms with Crippen LogP contribution in [0.3, 0.4) is 0 Å². The van der Waals surface area contributed by atoms with Gasteiger partial charge in [0.05, 0.1) is 5.69 Å². The highest BCUT2D eigenvalue weighted by atomic mass is 16.7. The van der Waals surface area contributed by atoms with Crippen LogP contribution in [0.2, 0.25) is 0 Å². The molecule has 0 aliphatic carbocycles. The molecule has 1 aliphatic rings. The Labute approximate surface area is 138 Å². The molecule has 24 heavy (non-hydrogen) atoms. The van der Waals surface area contributed by atoms with E-state index in [1.807, 2.05) is 24.9 Å². The molecule has 0 atom stereocenters. The molecule has 1 fully saturated rings. The van der Waals surface area contributed by atoms with Gasteiger partial charge >= 0.3 is 6.16 Å². The van der Waals surface area contributed by atoms with Gasteiger partial charge in [-0.15, -0.1) is 0 Å². The van der Waals surface area contributed by atoms with Crippen molar-refractivity contribution in [2.75, 3.05) is 38.1 Å². The smallest absolute Gasteiger partial charge is 0.449 e. The summed E-state index contributed by atoms with van der Waals surface area (Å²) in [5.74, 6) is -0.144. The molecule has 3 heterocycles. The highest BCUT2D eigenvalue weighted by Gasteiger charge is 2.26. The van der Waals surface area contributed by atoms with Gasteiger partial charge in [-0.3, -0.25) is 9.36 Å². The fourth-order valence-electron chi connectivity index (χ4n) is 3.06. The third-order valence-electron chi connectivity index (χ3n) is 4.28. The van der Waals surface area contributed by atoms with Crippen LogP contribution in [0.15, 0.2) is 23.1 Å². The first-order valence-corrected chi connectivity index (χ1v) is 7.88. The minimum absolute atomic E-state index is 0.144. The molecule has 2 aromatic heterocycles. The zero-order chi connectivity index (χ0) is 17.3. The highest BCUT2D eigenvalue weighted by molar-refractivity contribution is 5.94. The summed E-state index contributed by atoms with van der Waals surface area (Å²) in [5, 5.41) is 9.80. The van der Waals surface area contributed by atoms with Crippen LogP contribution in [0, 0.1) is 0 Å². The Morgan fingerprint density at radius 3 is 2.67 bits per heavy atom. The van der Waals surface area contributed by atoms with Crippen molar-refractivity contribution in [1.29, 1.82) is 0 Å². The van der Waals surface area contributed by atoms with E-state index in [1.54, 1.807) is 12.3 Å². The molecule has 2 aromatic rings. The Balaban J connectivity index is 2.27. The molecule has 1 saturated heterocycles. The maximum absolute atomic E-state index is 12.8. The van der Waals surface area contributed by atoms with Crippen molar-refractivity contribution in [1.82, 2.24) is 14.5 Å². The fraction of sp³-hybridized carbons (Fsp3) is 0.438. The second-order valence-corrected chi connectivity index (χ2v) is 5.76. The Morgan fingerprint density at radius 2 is 2.04 bits per heavy atom. The van der Waals surface area contributed by atoms with Crippen molar-refractivity contribution in [2.24, 2.45) is 0 Å². The number of hydrogen-bond acceptors (Lipinski definition) is 6. The zero-order valence-corrected chi connectivity index (χ0v) is 13.7. The normalized spacial score (nSPS) is 15.7. The summed E-state index contributed by atoms with van der Waals surface area (Å²) in [4.78, 5) is 32.4. The number of nitrogens with zero attached hydrogens (tertiary/aromatic N) is 4. The third-order valence-corrected chi connectivity index (χ3v) is 4.28. The van der Waals surface area contributed by atoms with Crippen molar-refractivity contribution < 1.29 is 14.6 Å². The summed E-state index contributed by atoms with van der Waals surface area (Å²) in [6, 6.07) is 3.62. The molecule has 128 valence electrons. The van der Waals surface area contributed by atoms with Gasteiger partial charge in [-0.05, 0) is 26.1 Å². The van der Waals surface area contributed by atoms with Gasteiger partial charge in [-0.1, -0.05) is 0 Å². The summed E-state index contributed by atoms with van der Waals surface area (Å²) in [7, 11) is 2.03. The van der Waals surface area contributed by atoms with E-state index in [9.17, 15) is 9.59 Å². The molecular formula is C16H20N4O4. The molecule has 0 aromatic carbocycles. The summed E-state index contributed by atoms with van der Waals surface area (Å²) in [5.41, 5.74) is 0.583. The van der Waals surface area contributed by atoms with Gasteiger partial charge in [0, 0.05) is 44.3 Å². The Kier molecular flexibility index (Phi) is 4.39. The molecule has 1 N–H and O–H groups in total. The maximum atomic E-state index is 12.8. The SMILES string of the molecule is CCn1c(=O)c(OC(=O)O)c(N2CCN(C)CC2)c2cccnc21. The number of carboxylic acid groups (broad SMARTS) is 1. The number of aryl methyl sites for hydroxylation is 1. The van der Waals surface area contributed by atoms with Gasteiger partial charge in [0.15, 0.2) is 0 Å². The molecule has 8 heteroatoms. The number of piperazine rings is 1. The van der Waals surface area contributed by atoms with Crippen LogP contribution >= 0.6 is 0 Å². The number of fused-ring (bicyclic) bond motifs is 1. The second kappa shape index (κ2) is 6.48. The van der Waals surface area contributed by atoms with Gasteiger partial charge < -0.3 is 19.6 Å². The first-order valence-electron chi connectivity index (χ1n) is 7.88. The fourth-order valence-corrected chi connectivity index (χ4v) is 3.06. The van der Waals surface area contributed by atoms with Crippen molar-refractivity contribution >= 4 is 22.9 Å². The van der Waals surface area contributed by atoms with Crippen LogP contribution in [0.4, 0.5) is 10.5 Å². The molecule has 0 unspecified atom stereocenters. The first-order chi connectivity index (χ1) is 11.5. The van der Waals surface area contributed by atoms with Crippen molar-refractivity contribution in [3.8, 4) is 5.75 Å². The van der Waals surface area contributed by atoms with E-state index in [0.29, 0.717) is 31.0 Å². The van der Waals surface area contributed by atoms with Crippen LogP contribution < -0.4 is 15.2 Å². The van der Waals surface area contributed by atoms with E-state index in [4.69, 9.17) is 9.84 Å². The van der Waals surface area contributed by atoms with Gasteiger partial charge in [0.2, 0.25) is 5.75 Å². The van der Waals surface area contributed by atoms with Gasteiger partial charge in [0.25, 0.3) is 5.56 Å². The number of hydrogen-bond donors (Lipinski definition) is 1. The lowest BCUT2D eigenvalue weighted by Crippen LogP contribution is -2.45. The number of rotatable bonds is 3. The molecule has 0 spiro atoms. The average Bonchev–Trinajstić information content (AvgIpc) is 2.56. The number of likely N-dealkylation sites (N-methyl/N-ethyl adjacent to an activating group) is 1. The van der Waals surface area contributed by atoms with E-state index in [-0.39, 0.29) is 5.75 Å². The van der Waals surface area contributed by atoms with Crippen LogP contribution in [0.1, 0.15) is 6.92 Å². The van der Waals surface area contributed by atoms with Gasteiger partial charge in [-0.2, -0.15) is 0 Å². The van der Waals surface area contributed by atoms with Crippen LogP contribution in [0.5, 0.6) is 5.75 Å². The zero-order valence-electron chi connectivity index (χ0n) is 13.7. The summed E-state index contributed by atoms with van der Waals surface area (Å²) >= 11 is 0. The molecule has 0 amide bonds. The summed E-state index contributed by atoms with van der Waals surface area (Å²) < 4.78 is 6.34. The van der Waals surface area contributed by atoms with Gasteiger partial charge in [0.1, 0.15) is 5.65 Å². The van der Waals surface area contributed by atoms with Crippen molar-refractivity contribution in [3.05, 3.63) is 28.7 Å². The quantitative estimate of drug-likeness (QED) is 0.846. The number of pyridine rings is 2. The van der Waals surface area contributed by atoms with E-state index in [1.165, 1.54) is 4.57 Å². The van der Waals surface area contributed by atoms with E-state index < -0.39 is 11.7 Å². The van der Waals surface area contributed by atoms with Crippen LogP contribution in [-0.4, -0.2) is 58.9 Å². The molecular weight excluding hydrogens is 312 g/mol. The second-order valence-electron chi connectivity index (χ2n) is 5.76. The average molecular weight is 332 g/mol. The molecule has 8 nitrogen and oxygen atoms in total. The maximum Gasteiger partial charge on any atom is 0.511 e. The molecule has 0 bridgehead atoms. The van der Waals surface area contributed by atoms with E-state index in [2.05, 4.69) is 9.88 Å². The minimum atomic E-state index is -1.49. The largest absolute Gasteiger partial charge is 0.511 e. The lowest BCUT2D eigenvalue weighted by molar-refractivity contribution is 0.143. The van der Waals surface area contributed by atoms with E-state index in [0.717, 1.165) is 18.5 Å². The standard InChI is InChI=1S/C16H20N4O4/c1-3-20-14-11(5-4-6-17-14)12(13(15(20)21)24-16(22)23)19-9-7-18(2)8-10-19/h4-6H,3,7-10H2,1-2H3,(H,22,23). The van der Waals surface area contributed by atoms with Crippen LogP contribution in [0.25, 0.3) is 11.0 Å². The predicted octanol–water partition coefficient (Wildman–Crippen LogP) is 1.22. The lowest BCUT2D eigenvalue weighted by Gasteiger charge is -2.35. The number of anilines is 1. The highest BCUT2D eigenvalue weighted by Crippen LogP contribution is 2.33. The third kappa shape index (κ3) is 2.80. The number of aromatic nitrogens is 2. The molecule has 0 saturated carbocycles. The minimum Gasteiger partial charge on any atom is -0.449 e. The Bertz CT molecular complexity index is 825. The Hall–Kier alpha value is -2.61. The van der Waals surface area contributed by atoms with Crippen molar-refractivity contribution in [2.45, 2.75) is 13.5 Å². The number of carbonyl (C=O) groups is 1. The lowest BCUT2D eigenvalue weighted by atomic mass is 10.1. The Morgan fingerprint density at radius 1 is 1.33 bits per heavy atom. The molecule has 1 aliphatic heterocycles. The topological polar surface area (TPSA) is 87.9 Å². The van der Waals surface area contributed by atoms with Crippen molar-refractivity contribution in [3.63, 3.8) is 0 Å².